The number of nitrogens with zero attached hydrogens (tertiary/aromatic N) is 2. The third-order valence-corrected chi connectivity index (χ3v) is 3.79. The Hall–Kier alpha value is -2.59. The second-order valence-corrected chi connectivity index (χ2v) is 5.33. The van der Waals surface area contributed by atoms with E-state index in [0.717, 1.165) is 17.8 Å². The van der Waals surface area contributed by atoms with Crippen molar-refractivity contribution in [3.05, 3.63) is 51.7 Å². The molecule has 0 saturated heterocycles. The quantitative estimate of drug-likeness (QED) is 0.792. The fourth-order valence-corrected chi connectivity index (χ4v) is 2.52. The molecule has 22 heavy (non-hydrogen) atoms. The molecule has 0 amide bonds. The van der Waals surface area contributed by atoms with Gasteiger partial charge >= 0.3 is 5.97 Å². The molecule has 1 atom stereocenters. The number of aryl methyl sites for hydroxylation is 1. The van der Waals surface area contributed by atoms with Gasteiger partial charge in [-0.15, -0.1) is 11.3 Å². The number of halogens is 1. The molecule has 0 fully saturated rings. The molecule has 2 aromatic rings. The zero-order valence-corrected chi connectivity index (χ0v) is 12.4. The fourth-order valence-electron chi connectivity index (χ4n) is 1.66. The second-order valence-electron chi connectivity index (χ2n) is 4.44. The van der Waals surface area contributed by atoms with Gasteiger partial charge in [0, 0.05) is 11.1 Å². The molecule has 0 saturated carbocycles. The van der Waals surface area contributed by atoms with Crippen molar-refractivity contribution < 1.29 is 18.7 Å². The number of carbonyl (C=O) groups is 2. The lowest BCUT2D eigenvalue weighted by molar-refractivity contribution is -0.122. The first-order chi connectivity index (χ1) is 10.5. The molecule has 0 spiro atoms. The van der Waals surface area contributed by atoms with Crippen LogP contribution in [0.2, 0.25) is 0 Å². The molecule has 0 unspecified atom stereocenters. The predicted molar refractivity (Wildman–Crippen MR) is 76.9 cm³/mol. The van der Waals surface area contributed by atoms with Crippen molar-refractivity contribution in [3.8, 4) is 6.07 Å². The number of ether oxygens (including phenoxy) is 1. The molecular formula is C15H11FN2O3S. The van der Waals surface area contributed by atoms with Crippen LogP contribution in [-0.2, 0) is 9.53 Å². The van der Waals surface area contributed by atoms with E-state index in [0.29, 0.717) is 5.01 Å². The summed E-state index contributed by atoms with van der Waals surface area (Å²) in [5, 5.41) is 11.2. The van der Waals surface area contributed by atoms with E-state index in [1.54, 1.807) is 12.3 Å². The minimum atomic E-state index is -1.06. The van der Waals surface area contributed by atoms with Crippen LogP contribution in [0, 0.1) is 24.1 Å². The summed E-state index contributed by atoms with van der Waals surface area (Å²) in [7, 11) is 0. The molecule has 0 bridgehead atoms. The van der Waals surface area contributed by atoms with E-state index in [1.165, 1.54) is 23.5 Å². The van der Waals surface area contributed by atoms with E-state index in [2.05, 4.69) is 4.98 Å². The standard InChI is InChI=1S/C15H11FN2O3S/c1-9-8-22-14(18-9)12(6-17)13(19)7-21-15(20)10-2-4-11(16)5-3-10/h2-5,8,12H,7H2,1H3/t12-/m1/s1. The van der Waals surface area contributed by atoms with Gasteiger partial charge in [-0.25, -0.2) is 14.2 Å². The molecule has 112 valence electrons. The molecule has 5 nitrogen and oxygen atoms in total. The van der Waals surface area contributed by atoms with Crippen LogP contribution in [0.25, 0.3) is 0 Å². The van der Waals surface area contributed by atoms with Crippen molar-refractivity contribution in [3.63, 3.8) is 0 Å². The topological polar surface area (TPSA) is 80.0 Å². The summed E-state index contributed by atoms with van der Waals surface area (Å²) in [5.74, 6) is -2.83. The van der Waals surface area contributed by atoms with Gasteiger partial charge in [-0.05, 0) is 31.2 Å². The first-order valence-corrected chi connectivity index (χ1v) is 7.16. The number of hydrogen-bond donors (Lipinski definition) is 0. The fraction of sp³-hybridized carbons (Fsp3) is 0.200. The molecule has 1 aromatic carbocycles. The van der Waals surface area contributed by atoms with Crippen molar-refractivity contribution in [2.45, 2.75) is 12.8 Å². The van der Waals surface area contributed by atoms with Gasteiger partial charge in [0.1, 0.15) is 10.8 Å². The Morgan fingerprint density at radius 1 is 1.41 bits per heavy atom. The molecule has 1 heterocycles. The first-order valence-electron chi connectivity index (χ1n) is 6.28. The number of Topliss-reactive ketones (excluding diaryl/α,β-unsaturated/α-hetero) is 1. The number of nitriles is 1. The summed E-state index contributed by atoms with van der Waals surface area (Å²) < 4.78 is 17.6. The van der Waals surface area contributed by atoms with Crippen LogP contribution < -0.4 is 0 Å². The molecule has 2 rings (SSSR count). The van der Waals surface area contributed by atoms with Crippen LogP contribution in [0.3, 0.4) is 0 Å². The Morgan fingerprint density at radius 2 is 2.09 bits per heavy atom. The van der Waals surface area contributed by atoms with E-state index in [1.807, 2.05) is 6.07 Å². The van der Waals surface area contributed by atoms with Crippen molar-refractivity contribution in [2.75, 3.05) is 6.61 Å². The Kier molecular flexibility index (Phi) is 4.96. The Bertz CT molecular complexity index is 734. The van der Waals surface area contributed by atoms with Gasteiger partial charge in [0.25, 0.3) is 0 Å². The van der Waals surface area contributed by atoms with Crippen molar-refractivity contribution in [1.82, 2.24) is 4.98 Å². The smallest absolute Gasteiger partial charge is 0.338 e. The Morgan fingerprint density at radius 3 is 2.64 bits per heavy atom. The summed E-state index contributed by atoms with van der Waals surface area (Å²) in [4.78, 5) is 27.8. The Labute approximate surface area is 130 Å². The third-order valence-electron chi connectivity index (χ3n) is 2.76. The van der Waals surface area contributed by atoms with Gasteiger partial charge in [0.2, 0.25) is 0 Å². The van der Waals surface area contributed by atoms with Crippen LogP contribution in [0.15, 0.2) is 29.6 Å². The molecule has 0 radical (unpaired) electrons. The molecule has 0 aliphatic heterocycles. The highest BCUT2D eigenvalue weighted by molar-refractivity contribution is 7.09. The lowest BCUT2D eigenvalue weighted by Gasteiger charge is -2.06. The number of thiazole rings is 1. The van der Waals surface area contributed by atoms with Crippen molar-refractivity contribution in [1.29, 1.82) is 5.26 Å². The average molecular weight is 318 g/mol. The molecule has 0 aliphatic carbocycles. The van der Waals surface area contributed by atoms with E-state index < -0.39 is 30.1 Å². The second kappa shape index (κ2) is 6.91. The van der Waals surface area contributed by atoms with Crippen LogP contribution in [0.5, 0.6) is 0 Å². The number of benzene rings is 1. The lowest BCUT2D eigenvalue weighted by Crippen LogP contribution is -2.20. The zero-order valence-electron chi connectivity index (χ0n) is 11.6. The van der Waals surface area contributed by atoms with E-state index >= 15 is 0 Å². The number of esters is 1. The summed E-state index contributed by atoms with van der Waals surface area (Å²) in [6.07, 6.45) is 0. The molecule has 1 aromatic heterocycles. The molecule has 0 aliphatic rings. The Balaban J connectivity index is 1.98. The van der Waals surface area contributed by atoms with Crippen LogP contribution in [0.1, 0.15) is 27.0 Å². The lowest BCUT2D eigenvalue weighted by atomic mass is 10.1. The van der Waals surface area contributed by atoms with Gasteiger partial charge in [-0.2, -0.15) is 5.26 Å². The van der Waals surface area contributed by atoms with Crippen LogP contribution in [0.4, 0.5) is 4.39 Å². The summed E-state index contributed by atoms with van der Waals surface area (Å²) in [6, 6.07) is 6.62. The van der Waals surface area contributed by atoms with Crippen LogP contribution >= 0.6 is 11.3 Å². The normalized spacial score (nSPS) is 11.5. The molecule has 7 heteroatoms. The highest BCUT2D eigenvalue weighted by Gasteiger charge is 2.24. The van der Waals surface area contributed by atoms with Crippen molar-refractivity contribution in [2.24, 2.45) is 0 Å². The third kappa shape index (κ3) is 3.74. The monoisotopic (exact) mass is 318 g/mol. The largest absolute Gasteiger partial charge is 0.454 e. The number of ketones is 1. The number of hydrogen-bond acceptors (Lipinski definition) is 6. The van der Waals surface area contributed by atoms with Gasteiger partial charge in [0.15, 0.2) is 18.3 Å². The maximum atomic E-state index is 12.8. The van der Waals surface area contributed by atoms with Gasteiger partial charge in [-0.3, -0.25) is 4.79 Å². The minimum Gasteiger partial charge on any atom is -0.454 e. The molecular weight excluding hydrogens is 307 g/mol. The van der Waals surface area contributed by atoms with E-state index in [-0.39, 0.29) is 5.56 Å². The number of carbonyl (C=O) groups excluding carboxylic acids is 2. The average Bonchev–Trinajstić information content (AvgIpc) is 2.92. The highest BCUT2D eigenvalue weighted by Crippen LogP contribution is 2.20. The van der Waals surface area contributed by atoms with E-state index in [4.69, 9.17) is 10.00 Å². The predicted octanol–water partition coefficient (Wildman–Crippen LogP) is 2.62. The van der Waals surface area contributed by atoms with Gasteiger partial charge in [-0.1, -0.05) is 0 Å². The van der Waals surface area contributed by atoms with Crippen molar-refractivity contribution >= 4 is 23.1 Å². The van der Waals surface area contributed by atoms with Gasteiger partial charge in [0.05, 0.1) is 11.6 Å². The summed E-state index contributed by atoms with van der Waals surface area (Å²) in [5.41, 5.74) is 0.851. The van der Waals surface area contributed by atoms with E-state index in [9.17, 15) is 14.0 Å². The maximum Gasteiger partial charge on any atom is 0.338 e. The first kappa shape index (κ1) is 15.8. The highest BCUT2D eigenvalue weighted by atomic mass is 32.1. The number of rotatable bonds is 5. The van der Waals surface area contributed by atoms with Gasteiger partial charge < -0.3 is 4.74 Å². The van der Waals surface area contributed by atoms with Crippen LogP contribution in [-0.4, -0.2) is 23.3 Å². The summed E-state index contributed by atoms with van der Waals surface area (Å²) in [6.45, 7) is 1.22. The number of aromatic nitrogens is 1. The summed E-state index contributed by atoms with van der Waals surface area (Å²) >= 11 is 1.21. The SMILES string of the molecule is Cc1csc([C@H](C#N)C(=O)COC(=O)c2ccc(F)cc2)n1. The minimum absolute atomic E-state index is 0.132. The zero-order chi connectivity index (χ0) is 16.1. The molecule has 0 N–H and O–H groups in total. The maximum absolute atomic E-state index is 12.8.